The van der Waals surface area contributed by atoms with Crippen LogP contribution in [0.4, 0.5) is 0 Å². The topological polar surface area (TPSA) is 58.5 Å². The van der Waals surface area contributed by atoms with Gasteiger partial charge in [0.25, 0.3) is 10.0 Å². The second-order valence-corrected chi connectivity index (χ2v) is 6.68. The SMILES string of the molecule is Cc1ccc(C)c(S(=O)(=O)NN=Cc2ccccc2Cl)c1. The van der Waals surface area contributed by atoms with Crippen LogP contribution in [0.2, 0.25) is 5.02 Å². The number of halogens is 1. The van der Waals surface area contributed by atoms with Crippen LogP contribution in [0.25, 0.3) is 0 Å². The fraction of sp³-hybridized carbons (Fsp3) is 0.133. The summed E-state index contributed by atoms with van der Waals surface area (Å²) >= 11 is 5.97. The van der Waals surface area contributed by atoms with Gasteiger partial charge < -0.3 is 0 Å². The summed E-state index contributed by atoms with van der Waals surface area (Å²) in [5.74, 6) is 0. The molecule has 0 saturated heterocycles. The van der Waals surface area contributed by atoms with E-state index in [0.717, 1.165) is 5.56 Å². The molecular weight excluding hydrogens is 308 g/mol. The van der Waals surface area contributed by atoms with Crippen molar-refractivity contribution in [2.75, 3.05) is 0 Å². The molecule has 0 radical (unpaired) electrons. The molecule has 1 N–H and O–H groups in total. The molecule has 0 spiro atoms. The molecule has 0 aromatic heterocycles. The third kappa shape index (κ3) is 3.83. The van der Waals surface area contributed by atoms with Crippen molar-refractivity contribution in [3.63, 3.8) is 0 Å². The highest BCUT2D eigenvalue weighted by molar-refractivity contribution is 7.89. The van der Waals surface area contributed by atoms with E-state index in [4.69, 9.17) is 11.6 Å². The van der Waals surface area contributed by atoms with Gasteiger partial charge in [-0.15, -0.1) is 0 Å². The highest BCUT2D eigenvalue weighted by Gasteiger charge is 2.15. The van der Waals surface area contributed by atoms with Gasteiger partial charge in [-0.25, -0.2) is 4.83 Å². The van der Waals surface area contributed by atoms with E-state index in [0.29, 0.717) is 16.1 Å². The van der Waals surface area contributed by atoms with Crippen LogP contribution in [0.1, 0.15) is 16.7 Å². The molecule has 6 heteroatoms. The van der Waals surface area contributed by atoms with Crippen molar-refractivity contribution in [3.8, 4) is 0 Å². The zero-order valence-electron chi connectivity index (χ0n) is 11.7. The standard InChI is InChI=1S/C15H15ClN2O2S/c1-11-7-8-12(2)15(9-11)21(19,20)18-17-10-13-5-3-4-6-14(13)16/h3-10,18H,1-2H3. The van der Waals surface area contributed by atoms with Crippen LogP contribution in [0.15, 0.2) is 52.5 Å². The first-order chi connectivity index (χ1) is 9.90. The molecule has 2 aromatic carbocycles. The fourth-order valence-corrected chi connectivity index (χ4v) is 3.10. The van der Waals surface area contributed by atoms with Crippen LogP contribution in [-0.4, -0.2) is 14.6 Å². The van der Waals surface area contributed by atoms with Gasteiger partial charge in [0.15, 0.2) is 0 Å². The van der Waals surface area contributed by atoms with Crippen LogP contribution in [-0.2, 0) is 10.0 Å². The molecule has 2 rings (SSSR count). The molecule has 21 heavy (non-hydrogen) atoms. The van der Waals surface area contributed by atoms with Crippen molar-refractivity contribution in [3.05, 3.63) is 64.2 Å². The summed E-state index contributed by atoms with van der Waals surface area (Å²) in [6, 6.07) is 12.3. The number of nitrogens with zero attached hydrogens (tertiary/aromatic N) is 1. The van der Waals surface area contributed by atoms with Crippen molar-refractivity contribution >= 4 is 27.8 Å². The second kappa shape index (κ2) is 6.28. The molecule has 2 aromatic rings. The number of aryl methyl sites for hydroxylation is 2. The first-order valence-electron chi connectivity index (χ1n) is 6.27. The van der Waals surface area contributed by atoms with Gasteiger partial charge in [-0.2, -0.15) is 13.5 Å². The molecule has 0 atom stereocenters. The number of hydrogen-bond donors (Lipinski definition) is 1. The number of hydrogen-bond acceptors (Lipinski definition) is 3. The summed E-state index contributed by atoms with van der Waals surface area (Å²) in [6.45, 7) is 3.58. The van der Waals surface area contributed by atoms with Gasteiger partial charge in [0, 0.05) is 10.6 Å². The number of benzene rings is 2. The molecule has 0 fully saturated rings. The van der Waals surface area contributed by atoms with Gasteiger partial charge >= 0.3 is 0 Å². The zero-order chi connectivity index (χ0) is 15.5. The fourth-order valence-electron chi connectivity index (χ4n) is 1.79. The summed E-state index contributed by atoms with van der Waals surface area (Å²) in [5, 5.41) is 4.28. The lowest BCUT2D eigenvalue weighted by Crippen LogP contribution is -2.19. The Hall–Kier alpha value is -1.85. The first-order valence-corrected chi connectivity index (χ1v) is 8.13. The summed E-state index contributed by atoms with van der Waals surface area (Å²) in [5.41, 5.74) is 2.18. The van der Waals surface area contributed by atoms with Crippen LogP contribution in [0, 0.1) is 13.8 Å². The minimum Gasteiger partial charge on any atom is -0.200 e. The first kappa shape index (κ1) is 15.5. The van der Waals surface area contributed by atoms with E-state index in [2.05, 4.69) is 9.93 Å². The van der Waals surface area contributed by atoms with E-state index in [1.54, 1.807) is 43.3 Å². The molecule has 0 saturated carbocycles. The summed E-state index contributed by atoms with van der Waals surface area (Å²) in [4.78, 5) is 2.42. The average molecular weight is 323 g/mol. The van der Waals surface area contributed by atoms with Gasteiger partial charge in [0.1, 0.15) is 0 Å². The van der Waals surface area contributed by atoms with Crippen LogP contribution in [0.3, 0.4) is 0 Å². The van der Waals surface area contributed by atoms with E-state index in [1.165, 1.54) is 6.21 Å². The number of sulfonamides is 1. The minimum atomic E-state index is -3.69. The maximum atomic E-state index is 12.2. The predicted octanol–water partition coefficient (Wildman–Crippen LogP) is 3.27. The Balaban J connectivity index is 2.23. The number of nitrogens with one attached hydrogen (secondary N) is 1. The van der Waals surface area contributed by atoms with E-state index < -0.39 is 10.0 Å². The largest absolute Gasteiger partial charge is 0.276 e. The minimum absolute atomic E-state index is 0.221. The zero-order valence-corrected chi connectivity index (χ0v) is 13.2. The molecule has 0 aliphatic heterocycles. The van der Waals surface area contributed by atoms with Gasteiger partial charge in [0.2, 0.25) is 0 Å². The lowest BCUT2D eigenvalue weighted by molar-refractivity contribution is 0.584. The Morgan fingerprint density at radius 2 is 1.86 bits per heavy atom. The van der Waals surface area contributed by atoms with Crippen LogP contribution in [0.5, 0.6) is 0 Å². The Labute approximate surface area is 129 Å². The third-order valence-electron chi connectivity index (χ3n) is 2.91. The quantitative estimate of drug-likeness (QED) is 0.693. The molecule has 0 heterocycles. The van der Waals surface area contributed by atoms with Crippen molar-refractivity contribution in [2.45, 2.75) is 18.7 Å². The van der Waals surface area contributed by atoms with E-state index >= 15 is 0 Å². The molecule has 110 valence electrons. The molecule has 0 bridgehead atoms. The molecule has 4 nitrogen and oxygen atoms in total. The maximum Gasteiger partial charge on any atom is 0.276 e. The molecule has 0 aliphatic carbocycles. The average Bonchev–Trinajstić information content (AvgIpc) is 2.43. The monoisotopic (exact) mass is 322 g/mol. The van der Waals surface area contributed by atoms with Crippen molar-refractivity contribution in [1.82, 2.24) is 4.83 Å². The molecular formula is C15H15ClN2O2S. The van der Waals surface area contributed by atoms with Crippen LogP contribution >= 0.6 is 11.6 Å². The van der Waals surface area contributed by atoms with Crippen LogP contribution < -0.4 is 4.83 Å². The van der Waals surface area contributed by atoms with Crippen molar-refractivity contribution in [2.24, 2.45) is 5.10 Å². The maximum absolute atomic E-state index is 12.2. The smallest absolute Gasteiger partial charge is 0.200 e. The van der Waals surface area contributed by atoms with Crippen molar-refractivity contribution in [1.29, 1.82) is 0 Å². The number of rotatable bonds is 4. The number of hydrazone groups is 1. The van der Waals surface area contributed by atoms with Gasteiger partial charge in [-0.3, -0.25) is 0 Å². The Bertz CT molecular complexity index is 786. The Morgan fingerprint density at radius 1 is 1.14 bits per heavy atom. The summed E-state index contributed by atoms with van der Waals surface area (Å²) in [7, 11) is -3.69. The molecule has 0 unspecified atom stereocenters. The lowest BCUT2D eigenvalue weighted by atomic mass is 10.2. The van der Waals surface area contributed by atoms with Gasteiger partial charge in [0.05, 0.1) is 11.1 Å². The van der Waals surface area contributed by atoms with Gasteiger partial charge in [-0.1, -0.05) is 41.9 Å². The normalized spacial score (nSPS) is 11.8. The molecule has 0 amide bonds. The highest BCUT2D eigenvalue weighted by Crippen LogP contribution is 2.16. The summed E-state index contributed by atoms with van der Waals surface area (Å²) in [6.07, 6.45) is 1.38. The van der Waals surface area contributed by atoms with Crippen molar-refractivity contribution < 1.29 is 8.42 Å². The highest BCUT2D eigenvalue weighted by atomic mass is 35.5. The lowest BCUT2D eigenvalue weighted by Gasteiger charge is -2.07. The predicted molar refractivity (Wildman–Crippen MR) is 85.3 cm³/mol. The molecule has 0 aliphatic rings. The van der Waals surface area contributed by atoms with E-state index in [9.17, 15) is 8.42 Å². The van der Waals surface area contributed by atoms with E-state index in [1.807, 2.05) is 13.0 Å². The third-order valence-corrected chi connectivity index (χ3v) is 4.62. The van der Waals surface area contributed by atoms with E-state index in [-0.39, 0.29) is 4.90 Å². The van der Waals surface area contributed by atoms with Gasteiger partial charge in [-0.05, 0) is 37.1 Å². The summed E-state index contributed by atoms with van der Waals surface area (Å²) < 4.78 is 24.4. The Morgan fingerprint density at radius 3 is 2.57 bits per heavy atom. The Kier molecular flexibility index (Phi) is 4.65. The second-order valence-electron chi connectivity index (χ2n) is 4.64.